The zero-order valence-electron chi connectivity index (χ0n) is 23.1. The minimum absolute atomic E-state index is 0.0269. The highest BCUT2D eigenvalue weighted by atomic mass is 16.5. The van der Waals surface area contributed by atoms with Crippen molar-refractivity contribution in [3.63, 3.8) is 0 Å². The number of aliphatic hydroxyl groups excluding tert-OH is 1. The van der Waals surface area contributed by atoms with E-state index < -0.39 is 12.1 Å². The number of aliphatic hydroxyl groups is 1. The van der Waals surface area contributed by atoms with Gasteiger partial charge in [0.1, 0.15) is 12.4 Å². The first kappa shape index (κ1) is 30.9. The summed E-state index contributed by atoms with van der Waals surface area (Å²) >= 11 is 0. The maximum absolute atomic E-state index is 11.8. The summed E-state index contributed by atoms with van der Waals surface area (Å²) in [5.74, 6) is -0.501. The molecule has 218 valence electrons. The number of carbonyl (C=O) groups is 1. The number of phenols is 1. The van der Waals surface area contributed by atoms with Crippen molar-refractivity contribution in [3.8, 4) is 17.3 Å². The molecule has 1 heterocycles. The fourth-order valence-corrected chi connectivity index (χ4v) is 4.39. The van der Waals surface area contributed by atoms with Crippen LogP contribution in [0.3, 0.4) is 0 Å². The number of nitrogens with one attached hydrogen (secondary N) is 2. The molecule has 40 heavy (non-hydrogen) atoms. The van der Waals surface area contributed by atoms with E-state index in [0.717, 1.165) is 63.7 Å². The maximum Gasteiger partial charge on any atom is 0.333 e. The number of carbonyl (C=O) groups excluding carboxylic acids is 1. The molecular weight excluding hydrogens is 514 g/mol. The third-order valence-corrected chi connectivity index (χ3v) is 6.58. The van der Waals surface area contributed by atoms with Crippen LogP contribution in [-0.4, -0.2) is 57.1 Å². The molecule has 0 spiro atoms. The van der Waals surface area contributed by atoms with E-state index in [1.165, 1.54) is 23.8 Å². The standard InChI is InChI=1S/C30H41N3O7/c1-22(34)40-21-25-18-24(12-13-27(25)35)28(36)19-31-14-5-3-2-4-6-15-39-16-8-10-23-9-7-11-26(17-23)33-29(37)20-32-30(33)38/h7,9,11-13,17-18,20,28,31,35-37H,2-6,8,10,14-16,19,21H2,1H3,(H,32,38)/t28-/m0/s1. The summed E-state index contributed by atoms with van der Waals surface area (Å²) in [6.07, 6.45) is 7.66. The number of ether oxygens (including phenoxy) is 2. The molecule has 1 atom stereocenters. The zero-order chi connectivity index (χ0) is 28.7. The van der Waals surface area contributed by atoms with Gasteiger partial charge in [0.2, 0.25) is 5.88 Å². The number of phenolic OH excluding ortho intramolecular Hbond substituents is 1. The van der Waals surface area contributed by atoms with Crippen LogP contribution < -0.4 is 11.0 Å². The number of unbranched alkanes of at least 4 members (excludes halogenated alkanes) is 4. The number of rotatable bonds is 18. The Balaban J connectivity index is 1.18. The van der Waals surface area contributed by atoms with Gasteiger partial charge in [-0.15, -0.1) is 0 Å². The number of hydrogen-bond donors (Lipinski definition) is 5. The molecule has 3 rings (SSSR count). The topological polar surface area (TPSA) is 146 Å². The summed E-state index contributed by atoms with van der Waals surface area (Å²) < 4.78 is 11.9. The van der Waals surface area contributed by atoms with Gasteiger partial charge in [0.05, 0.1) is 18.0 Å². The van der Waals surface area contributed by atoms with Crippen molar-refractivity contribution >= 4 is 5.97 Å². The molecule has 0 aliphatic heterocycles. The predicted molar refractivity (Wildman–Crippen MR) is 152 cm³/mol. The SMILES string of the molecule is CC(=O)OCc1cc([C@@H](O)CNCCCCCCCOCCCc2cccc(-n3c(O)c[nH]c3=O)c2)ccc1O. The summed E-state index contributed by atoms with van der Waals surface area (Å²) in [6, 6.07) is 12.4. The molecule has 0 radical (unpaired) electrons. The molecule has 0 bridgehead atoms. The number of hydrogen-bond acceptors (Lipinski definition) is 8. The van der Waals surface area contributed by atoms with Crippen LogP contribution in [-0.2, 0) is 27.3 Å². The average molecular weight is 556 g/mol. The molecule has 0 unspecified atom stereocenters. The van der Waals surface area contributed by atoms with Gasteiger partial charge < -0.3 is 35.1 Å². The van der Waals surface area contributed by atoms with Crippen LogP contribution in [0.15, 0.2) is 53.5 Å². The monoisotopic (exact) mass is 555 g/mol. The maximum atomic E-state index is 11.8. The molecule has 0 fully saturated rings. The van der Waals surface area contributed by atoms with Gasteiger partial charge in [-0.05, 0) is 67.6 Å². The van der Waals surface area contributed by atoms with Crippen molar-refractivity contribution in [1.82, 2.24) is 14.9 Å². The molecule has 5 N–H and O–H groups in total. The van der Waals surface area contributed by atoms with Crippen molar-refractivity contribution in [3.05, 3.63) is 75.8 Å². The lowest BCUT2D eigenvalue weighted by Gasteiger charge is -2.14. The lowest BCUT2D eigenvalue weighted by Crippen LogP contribution is -2.22. The van der Waals surface area contributed by atoms with Crippen LogP contribution in [0.5, 0.6) is 11.6 Å². The molecular formula is C30H41N3O7. The number of H-pyrrole nitrogens is 1. The fraction of sp³-hybridized carbons (Fsp3) is 0.467. The molecule has 10 heteroatoms. The van der Waals surface area contributed by atoms with E-state index in [4.69, 9.17) is 9.47 Å². The normalized spacial score (nSPS) is 11.9. The fourth-order valence-electron chi connectivity index (χ4n) is 4.39. The number of aromatic nitrogens is 2. The first-order valence-electron chi connectivity index (χ1n) is 13.9. The second kappa shape index (κ2) is 16.5. The van der Waals surface area contributed by atoms with Gasteiger partial charge in [0, 0.05) is 32.2 Å². The van der Waals surface area contributed by atoms with Crippen LogP contribution in [0.2, 0.25) is 0 Å². The highest BCUT2D eigenvalue weighted by molar-refractivity contribution is 5.66. The number of aryl methyl sites for hydroxylation is 1. The number of aromatic hydroxyl groups is 2. The Labute approximate surface area is 234 Å². The smallest absolute Gasteiger partial charge is 0.333 e. The molecule has 0 aliphatic carbocycles. The van der Waals surface area contributed by atoms with Crippen LogP contribution in [0.1, 0.15) is 68.2 Å². The van der Waals surface area contributed by atoms with Crippen LogP contribution in [0.4, 0.5) is 0 Å². The van der Waals surface area contributed by atoms with Crippen LogP contribution in [0.25, 0.3) is 5.69 Å². The second-order valence-corrected chi connectivity index (χ2v) is 9.83. The number of esters is 1. The minimum Gasteiger partial charge on any atom is -0.508 e. The quantitative estimate of drug-likeness (QED) is 0.117. The molecule has 3 aromatic rings. The molecule has 2 aromatic carbocycles. The predicted octanol–water partition coefficient (Wildman–Crippen LogP) is 3.86. The third-order valence-electron chi connectivity index (χ3n) is 6.58. The van der Waals surface area contributed by atoms with Gasteiger partial charge >= 0.3 is 11.7 Å². The highest BCUT2D eigenvalue weighted by Crippen LogP contribution is 2.23. The Bertz CT molecular complexity index is 1250. The van der Waals surface area contributed by atoms with Gasteiger partial charge in [0.25, 0.3) is 0 Å². The van der Waals surface area contributed by atoms with E-state index in [-0.39, 0.29) is 23.9 Å². The molecule has 0 saturated carbocycles. The number of benzene rings is 2. The van der Waals surface area contributed by atoms with Crippen molar-refractivity contribution in [2.24, 2.45) is 0 Å². The summed E-state index contributed by atoms with van der Waals surface area (Å²) in [7, 11) is 0. The van der Waals surface area contributed by atoms with Crippen molar-refractivity contribution in [1.29, 1.82) is 0 Å². The van der Waals surface area contributed by atoms with Gasteiger partial charge in [-0.3, -0.25) is 4.79 Å². The lowest BCUT2D eigenvalue weighted by atomic mass is 10.1. The number of nitrogens with zero attached hydrogens (tertiary/aromatic N) is 1. The first-order valence-corrected chi connectivity index (χ1v) is 13.9. The van der Waals surface area contributed by atoms with Gasteiger partial charge in [-0.25, -0.2) is 9.36 Å². The Kier molecular flexibility index (Phi) is 12.8. The summed E-state index contributed by atoms with van der Waals surface area (Å²) in [4.78, 5) is 25.3. The molecule has 10 nitrogen and oxygen atoms in total. The molecule has 0 saturated heterocycles. The van der Waals surface area contributed by atoms with Gasteiger partial charge in [0.15, 0.2) is 0 Å². The molecule has 0 aliphatic rings. The van der Waals surface area contributed by atoms with Crippen molar-refractivity contribution in [2.45, 2.75) is 64.6 Å². The number of aromatic amines is 1. The highest BCUT2D eigenvalue weighted by Gasteiger charge is 2.11. The van der Waals surface area contributed by atoms with E-state index >= 15 is 0 Å². The summed E-state index contributed by atoms with van der Waals surface area (Å²) in [6.45, 7) is 3.92. The largest absolute Gasteiger partial charge is 0.508 e. The summed E-state index contributed by atoms with van der Waals surface area (Å²) in [5, 5.41) is 33.4. The third kappa shape index (κ3) is 10.2. The second-order valence-electron chi connectivity index (χ2n) is 9.83. The molecule has 0 amide bonds. The van der Waals surface area contributed by atoms with E-state index in [9.17, 15) is 24.9 Å². The Hall–Kier alpha value is -3.60. The minimum atomic E-state index is -0.713. The molecule has 1 aromatic heterocycles. The van der Waals surface area contributed by atoms with E-state index in [1.807, 2.05) is 18.2 Å². The van der Waals surface area contributed by atoms with E-state index in [1.54, 1.807) is 18.2 Å². The zero-order valence-corrected chi connectivity index (χ0v) is 23.1. The number of imidazole rings is 1. The lowest BCUT2D eigenvalue weighted by molar-refractivity contribution is -0.142. The Morgan fingerprint density at radius 3 is 2.58 bits per heavy atom. The Morgan fingerprint density at radius 1 is 1.02 bits per heavy atom. The van der Waals surface area contributed by atoms with Crippen molar-refractivity contribution < 1.29 is 29.6 Å². The van der Waals surface area contributed by atoms with E-state index in [2.05, 4.69) is 10.3 Å². The van der Waals surface area contributed by atoms with Gasteiger partial charge in [-0.2, -0.15) is 0 Å². The first-order chi connectivity index (χ1) is 19.3. The van der Waals surface area contributed by atoms with Crippen LogP contribution in [0, 0.1) is 0 Å². The summed E-state index contributed by atoms with van der Waals surface area (Å²) in [5.41, 5.74) is 2.48. The average Bonchev–Trinajstić information content (AvgIpc) is 3.28. The van der Waals surface area contributed by atoms with Gasteiger partial charge in [-0.1, -0.05) is 37.5 Å². The van der Waals surface area contributed by atoms with Crippen LogP contribution >= 0.6 is 0 Å². The van der Waals surface area contributed by atoms with E-state index in [0.29, 0.717) is 30.0 Å². The Morgan fingerprint density at radius 2 is 1.80 bits per heavy atom. The van der Waals surface area contributed by atoms with Crippen molar-refractivity contribution in [2.75, 3.05) is 26.3 Å².